The molecule has 0 bridgehead atoms. The first kappa shape index (κ1) is 7.11. The number of hydrogen-bond donors (Lipinski definition) is 0. The zero-order chi connectivity index (χ0) is 8.13. The van der Waals surface area contributed by atoms with E-state index in [0.717, 1.165) is 11.8 Å². The maximum Gasteiger partial charge on any atom is 0.139 e. The fraction of sp³-hybridized carbons (Fsp3) is 0.909. The van der Waals surface area contributed by atoms with Gasteiger partial charge in [0.15, 0.2) is 0 Å². The van der Waals surface area contributed by atoms with Gasteiger partial charge in [-0.1, -0.05) is 6.42 Å². The molecule has 1 nitrogen and oxygen atoms in total. The second kappa shape index (κ2) is 2.34. The van der Waals surface area contributed by atoms with Crippen molar-refractivity contribution in [2.45, 2.75) is 38.5 Å². The Labute approximate surface area is 73.5 Å². The Hall–Kier alpha value is -0.330. The molecule has 3 aliphatic rings. The van der Waals surface area contributed by atoms with Gasteiger partial charge in [0.25, 0.3) is 0 Å². The lowest BCUT2D eigenvalue weighted by Gasteiger charge is -2.27. The Kier molecular flexibility index (Phi) is 1.38. The molecule has 0 aromatic carbocycles. The molecule has 0 amide bonds. The van der Waals surface area contributed by atoms with E-state index >= 15 is 0 Å². The standard InChI is InChI=1S/C11H16O/c12-11(7-2-1-3-7)10-5-8-4-9(8)6-10/h7-10H,1-6H2. The third kappa shape index (κ3) is 0.949. The lowest BCUT2D eigenvalue weighted by atomic mass is 9.77. The predicted octanol–water partition coefficient (Wildman–Crippen LogP) is 2.40. The van der Waals surface area contributed by atoms with Crippen LogP contribution in [0.3, 0.4) is 0 Å². The molecule has 2 atom stereocenters. The first-order chi connectivity index (χ1) is 5.84. The third-order valence-electron chi connectivity index (χ3n) is 4.15. The zero-order valence-electron chi connectivity index (χ0n) is 7.46. The van der Waals surface area contributed by atoms with Crippen molar-refractivity contribution in [3.05, 3.63) is 0 Å². The number of hydrogen-bond acceptors (Lipinski definition) is 1. The SMILES string of the molecule is O=C(C1CCC1)C1CC2CC2C1. The number of fused-ring (bicyclic) bond motifs is 1. The summed E-state index contributed by atoms with van der Waals surface area (Å²) in [7, 11) is 0. The van der Waals surface area contributed by atoms with Crippen LogP contribution in [0.4, 0.5) is 0 Å². The fourth-order valence-electron chi connectivity index (χ4n) is 2.97. The average Bonchev–Trinajstić information content (AvgIpc) is 2.55. The van der Waals surface area contributed by atoms with E-state index in [2.05, 4.69) is 0 Å². The van der Waals surface area contributed by atoms with Crippen molar-refractivity contribution < 1.29 is 4.79 Å². The molecular formula is C11H16O. The summed E-state index contributed by atoms with van der Waals surface area (Å²) >= 11 is 0. The summed E-state index contributed by atoms with van der Waals surface area (Å²) < 4.78 is 0. The van der Waals surface area contributed by atoms with E-state index in [1.54, 1.807) is 0 Å². The van der Waals surface area contributed by atoms with Crippen LogP contribution in [0, 0.1) is 23.7 Å². The van der Waals surface area contributed by atoms with Gasteiger partial charge >= 0.3 is 0 Å². The van der Waals surface area contributed by atoms with E-state index in [1.165, 1.54) is 38.5 Å². The summed E-state index contributed by atoms with van der Waals surface area (Å²) in [5, 5.41) is 0. The molecule has 3 fully saturated rings. The van der Waals surface area contributed by atoms with Crippen LogP contribution in [0.25, 0.3) is 0 Å². The molecule has 0 saturated heterocycles. The minimum atomic E-state index is 0.493. The van der Waals surface area contributed by atoms with E-state index in [1.807, 2.05) is 0 Å². The number of ketones is 1. The highest BCUT2D eigenvalue weighted by molar-refractivity contribution is 5.84. The van der Waals surface area contributed by atoms with Gasteiger partial charge in [-0.05, 0) is 43.9 Å². The van der Waals surface area contributed by atoms with Crippen LogP contribution in [0.15, 0.2) is 0 Å². The normalized spacial score (nSPS) is 45.2. The van der Waals surface area contributed by atoms with Crippen molar-refractivity contribution in [3.8, 4) is 0 Å². The molecule has 0 N–H and O–H groups in total. The Morgan fingerprint density at radius 3 is 2.08 bits per heavy atom. The summed E-state index contributed by atoms with van der Waals surface area (Å²) in [6.07, 6.45) is 7.64. The highest BCUT2D eigenvalue weighted by Gasteiger charge is 2.49. The van der Waals surface area contributed by atoms with Gasteiger partial charge in [0.1, 0.15) is 5.78 Å². The first-order valence-corrected chi connectivity index (χ1v) is 5.38. The van der Waals surface area contributed by atoms with Crippen molar-refractivity contribution in [3.63, 3.8) is 0 Å². The van der Waals surface area contributed by atoms with Crippen LogP contribution in [0.5, 0.6) is 0 Å². The molecular weight excluding hydrogens is 148 g/mol. The Morgan fingerprint density at radius 2 is 1.58 bits per heavy atom. The monoisotopic (exact) mass is 164 g/mol. The Bertz CT molecular complexity index is 207. The van der Waals surface area contributed by atoms with Crippen molar-refractivity contribution in [2.24, 2.45) is 23.7 Å². The molecule has 3 saturated carbocycles. The van der Waals surface area contributed by atoms with Gasteiger partial charge in [-0.2, -0.15) is 0 Å². The maximum atomic E-state index is 11.8. The largest absolute Gasteiger partial charge is 0.299 e. The molecule has 0 spiro atoms. The summed E-state index contributed by atoms with van der Waals surface area (Å²) in [6.45, 7) is 0. The minimum Gasteiger partial charge on any atom is -0.299 e. The first-order valence-electron chi connectivity index (χ1n) is 5.38. The summed E-state index contributed by atoms with van der Waals surface area (Å²) in [4.78, 5) is 11.8. The molecule has 66 valence electrons. The van der Waals surface area contributed by atoms with E-state index in [0.29, 0.717) is 17.6 Å². The maximum absolute atomic E-state index is 11.8. The fourth-order valence-corrected chi connectivity index (χ4v) is 2.97. The third-order valence-corrected chi connectivity index (χ3v) is 4.15. The topological polar surface area (TPSA) is 17.1 Å². The van der Waals surface area contributed by atoms with Crippen LogP contribution in [0.1, 0.15) is 38.5 Å². The van der Waals surface area contributed by atoms with Crippen LogP contribution in [-0.4, -0.2) is 5.78 Å². The minimum absolute atomic E-state index is 0.493. The van der Waals surface area contributed by atoms with Crippen molar-refractivity contribution in [1.29, 1.82) is 0 Å². The molecule has 0 heterocycles. The van der Waals surface area contributed by atoms with Crippen LogP contribution in [-0.2, 0) is 4.79 Å². The summed E-state index contributed by atoms with van der Waals surface area (Å²) in [6, 6.07) is 0. The van der Waals surface area contributed by atoms with Crippen molar-refractivity contribution in [2.75, 3.05) is 0 Å². The van der Waals surface area contributed by atoms with E-state index in [4.69, 9.17) is 0 Å². The number of rotatable bonds is 2. The number of carbonyl (C=O) groups is 1. The highest BCUT2D eigenvalue weighted by atomic mass is 16.1. The van der Waals surface area contributed by atoms with Gasteiger partial charge in [-0.3, -0.25) is 4.79 Å². The lowest BCUT2D eigenvalue weighted by molar-refractivity contribution is -0.129. The summed E-state index contributed by atoms with van der Waals surface area (Å²) in [5.74, 6) is 3.57. The van der Waals surface area contributed by atoms with Gasteiger partial charge in [0, 0.05) is 11.8 Å². The van der Waals surface area contributed by atoms with Crippen molar-refractivity contribution in [1.82, 2.24) is 0 Å². The smallest absolute Gasteiger partial charge is 0.139 e. The lowest BCUT2D eigenvalue weighted by Crippen LogP contribution is -2.27. The second-order valence-electron chi connectivity index (χ2n) is 4.95. The Balaban J connectivity index is 1.61. The zero-order valence-corrected chi connectivity index (χ0v) is 7.46. The molecule has 1 heteroatoms. The predicted molar refractivity (Wildman–Crippen MR) is 46.7 cm³/mol. The number of Topliss-reactive ketones (excluding diaryl/α,β-unsaturated/α-hetero) is 1. The molecule has 0 aromatic rings. The van der Waals surface area contributed by atoms with Crippen molar-refractivity contribution >= 4 is 5.78 Å². The van der Waals surface area contributed by atoms with Gasteiger partial charge in [-0.25, -0.2) is 0 Å². The molecule has 3 aliphatic carbocycles. The molecule has 0 radical (unpaired) electrons. The molecule has 0 aromatic heterocycles. The molecule has 0 aliphatic heterocycles. The van der Waals surface area contributed by atoms with Gasteiger partial charge in [0.05, 0.1) is 0 Å². The molecule has 2 unspecified atom stereocenters. The van der Waals surface area contributed by atoms with Crippen LogP contribution < -0.4 is 0 Å². The quantitative estimate of drug-likeness (QED) is 0.612. The van der Waals surface area contributed by atoms with Crippen LogP contribution >= 0.6 is 0 Å². The molecule has 12 heavy (non-hydrogen) atoms. The van der Waals surface area contributed by atoms with E-state index in [9.17, 15) is 4.79 Å². The summed E-state index contributed by atoms with van der Waals surface area (Å²) in [5.41, 5.74) is 0. The highest BCUT2D eigenvalue weighted by Crippen LogP contribution is 2.55. The number of carbonyl (C=O) groups excluding carboxylic acids is 1. The Morgan fingerprint density at radius 1 is 0.917 bits per heavy atom. The van der Waals surface area contributed by atoms with E-state index in [-0.39, 0.29) is 0 Å². The van der Waals surface area contributed by atoms with Gasteiger partial charge < -0.3 is 0 Å². The average molecular weight is 164 g/mol. The van der Waals surface area contributed by atoms with E-state index < -0.39 is 0 Å². The van der Waals surface area contributed by atoms with Gasteiger partial charge in [0.2, 0.25) is 0 Å². The van der Waals surface area contributed by atoms with Gasteiger partial charge in [-0.15, -0.1) is 0 Å². The second-order valence-corrected chi connectivity index (χ2v) is 4.95. The molecule has 3 rings (SSSR count). The van der Waals surface area contributed by atoms with Crippen LogP contribution in [0.2, 0.25) is 0 Å².